The molecule has 0 amide bonds. The van der Waals surface area contributed by atoms with E-state index in [1.165, 1.54) is 0 Å². The lowest BCUT2D eigenvalue weighted by Gasteiger charge is -2.32. The van der Waals surface area contributed by atoms with Gasteiger partial charge in [0.25, 0.3) is 0 Å². The number of benzene rings is 1. The topological polar surface area (TPSA) is 86.8 Å². The van der Waals surface area contributed by atoms with Crippen LogP contribution in [0.5, 0.6) is 0 Å². The highest BCUT2D eigenvalue weighted by Crippen LogP contribution is 2.18. The number of nitrogens with one attached hydrogen (secondary N) is 1. The molecule has 0 aliphatic carbocycles. The van der Waals surface area contributed by atoms with E-state index in [9.17, 15) is 5.11 Å². The van der Waals surface area contributed by atoms with E-state index >= 15 is 0 Å². The predicted octanol–water partition coefficient (Wildman–Crippen LogP) is 2.97. The molecule has 1 aromatic heterocycles. The minimum atomic E-state index is -0.196. The maximum Gasteiger partial charge on any atom is 0.228 e. The number of halogens is 2. The number of aliphatic hydroxyl groups is 1. The molecule has 0 bridgehead atoms. The highest BCUT2D eigenvalue weighted by Gasteiger charge is 2.19. The summed E-state index contributed by atoms with van der Waals surface area (Å²) < 4.78 is 5.32. The van der Waals surface area contributed by atoms with E-state index in [1.807, 2.05) is 19.1 Å². The van der Waals surface area contributed by atoms with Gasteiger partial charge in [-0.3, -0.25) is 4.99 Å². The zero-order valence-corrected chi connectivity index (χ0v) is 18.4. The number of rotatable bonds is 5. The smallest absolute Gasteiger partial charge is 0.228 e. The molecule has 148 valence electrons. The van der Waals surface area contributed by atoms with Crippen molar-refractivity contribution in [2.75, 3.05) is 26.2 Å². The lowest BCUT2D eigenvalue weighted by atomic mass is 10.1. The van der Waals surface area contributed by atoms with Crippen LogP contribution in [0.15, 0.2) is 33.8 Å². The van der Waals surface area contributed by atoms with Gasteiger partial charge in [-0.15, -0.1) is 24.0 Å². The van der Waals surface area contributed by atoms with Crippen LogP contribution in [0.3, 0.4) is 0 Å². The molecule has 2 aromatic rings. The number of aliphatic hydroxyl groups excluding tert-OH is 1. The predicted molar refractivity (Wildman–Crippen MR) is 117 cm³/mol. The Labute approximate surface area is 181 Å². The van der Waals surface area contributed by atoms with E-state index in [2.05, 4.69) is 25.3 Å². The standard InChI is InChI=1S/C18H24ClN5O2.HI/c1-2-20-18(24-11-8-15(25)9-12-24)21-10-7-16-22-17(23-26-16)13-3-5-14(19)6-4-13;/h3-6,15,25H,2,7-12H2,1H3,(H,20,21);1H. The largest absolute Gasteiger partial charge is 0.393 e. The van der Waals surface area contributed by atoms with Crippen LogP contribution < -0.4 is 5.32 Å². The molecule has 27 heavy (non-hydrogen) atoms. The minimum Gasteiger partial charge on any atom is -0.393 e. The molecule has 1 aliphatic rings. The summed E-state index contributed by atoms with van der Waals surface area (Å²) in [5, 5.41) is 17.6. The van der Waals surface area contributed by atoms with Gasteiger partial charge in [0.15, 0.2) is 5.96 Å². The molecule has 2 heterocycles. The van der Waals surface area contributed by atoms with Crippen LogP contribution in [0.4, 0.5) is 0 Å². The molecule has 1 aliphatic heterocycles. The Balaban J connectivity index is 0.00000261. The van der Waals surface area contributed by atoms with Crippen LogP contribution >= 0.6 is 35.6 Å². The molecule has 1 fully saturated rings. The van der Waals surface area contributed by atoms with Crippen LogP contribution in [0.25, 0.3) is 11.4 Å². The zero-order valence-electron chi connectivity index (χ0n) is 15.3. The van der Waals surface area contributed by atoms with E-state index in [1.54, 1.807) is 12.1 Å². The van der Waals surface area contributed by atoms with Crippen LogP contribution in [-0.2, 0) is 6.42 Å². The van der Waals surface area contributed by atoms with Gasteiger partial charge in [0, 0.05) is 36.6 Å². The average Bonchev–Trinajstić information content (AvgIpc) is 3.11. The van der Waals surface area contributed by atoms with Gasteiger partial charge in [-0.2, -0.15) is 4.98 Å². The minimum absolute atomic E-state index is 0. The van der Waals surface area contributed by atoms with Gasteiger partial charge in [-0.05, 0) is 44.0 Å². The Bertz CT molecular complexity index is 730. The van der Waals surface area contributed by atoms with Crippen LogP contribution in [0, 0.1) is 0 Å². The molecule has 2 N–H and O–H groups in total. The van der Waals surface area contributed by atoms with Crippen molar-refractivity contribution in [3.05, 3.63) is 35.2 Å². The average molecular weight is 506 g/mol. The first-order valence-electron chi connectivity index (χ1n) is 8.95. The fourth-order valence-electron chi connectivity index (χ4n) is 2.83. The zero-order chi connectivity index (χ0) is 18.4. The Morgan fingerprint density at radius 1 is 1.33 bits per heavy atom. The Morgan fingerprint density at radius 3 is 2.70 bits per heavy atom. The molecular weight excluding hydrogens is 481 g/mol. The van der Waals surface area contributed by atoms with Gasteiger partial charge >= 0.3 is 0 Å². The quantitative estimate of drug-likeness (QED) is 0.369. The number of hydrogen-bond acceptors (Lipinski definition) is 5. The first kappa shape index (κ1) is 21.9. The molecule has 3 rings (SSSR count). The third-order valence-corrected chi connectivity index (χ3v) is 4.51. The summed E-state index contributed by atoms with van der Waals surface area (Å²) in [5.41, 5.74) is 0.869. The third-order valence-electron chi connectivity index (χ3n) is 4.26. The van der Waals surface area contributed by atoms with Crippen molar-refractivity contribution in [2.24, 2.45) is 4.99 Å². The van der Waals surface area contributed by atoms with Crippen molar-refractivity contribution in [3.8, 4) is 11.4 Å². The third kappa shape index (κ3) is 6.32. The van der Waals surface area contributed by atoms with Gasteiger partial charge in [-0.1, -0.05) is 16.8 Å². The normalized spacial score (nSPS) is 15.5. The summed E-state index contributed by atoms with van der Waals surface area (Å²) in [5.74, 6) is 1.98. The lowest BCUT2D eigenvalue weighted by Crippen LogP contribution is -2.46. The van der Waals surface area contributed by atoms with Crippen molar-refractivity contribution in [2.45, 2.75) is 32.3 Å². The first-order valence-corrected chi connectivity index (χ1v) is 9.33. The number of guanidine groups is 1. The summed E-state index contributed by atoms with van der Waals surface area (Å²) in [6, 6.07) is 7.33. The summed E-state index contributed by atoms with van der Waals surface area (Å²) in [6.07, 6.45) is 1.93. The van der Waals surface area contributed by atoms with Gasteiger partial charge < -0.3 is 19.8 Å². The summed E-state index contributed by atoms with van der Waals surface area (Å²) in [6.45, 7) is 5.04. The molecule has 1 saturated heterocycles. The number of piperidine rings is 1. The maximum absolute atomic E-state index is 9.65. The maximum atomic E-state index is 9.65. The molecule has 0 saturated carbocycles. The number of hydrogen-bond donors (Lipinski definition) is 2. The van der Waals surface area contributed by atoms with Crippen LogP contribution in [0.2, 0.25) is 5.02 Å². The fraction of sp³-hybridized carbons (Fsp3) is 0.500. The van der Waals surface area contributed by atoms with E-state index in [0.717, 1.165) is 44.0 Å². The van der Waals surface area contributed by atoms with Crippen molar-refractivity contribution in [3.63, 3.8) is 0 Å². The number of aliphatic imine (C=N–C) groups is 1. The fourth-order valence-corrected chi connectivity index (χ4v) is 2.96. The van der Waals surface area contributed by atoms with E-state index in [0.29, 0.717) is 29.7 Å². The summed E-state index contributed by atoms with van der Waals surface area (Å²) in [4.78, 5) is 11.3. The van der Waals surface area contributed by atoms with Crippen molar-refractivity contribution >= 4 is 41.5 Å². The second-order valence-corrected chi connectivity index (χ2v) is 6.66. The monoisotopic (exact) mass is 505 g/mol. The Hall–Kier alpha value is -1.39. The molecular formula is C18H25ClIN5O2. The second-order valence-electron chi connectivity index (χ2n) is 6.22. The van der Waals surface area contributed by atoms with E-state index < -0.39 is 0 Å². The van der Waals surface area contributed by atoms with Crippen LogP contribution in [-0.4, -0.2) is 58.4 Å². The van der Waals surface area contributed by atoms with Crippen molar-refractivity contribution in [1.82, 2.24) is 20.4 Å². The molecule has 0 radical (unpaired) electrons. The van der Waals surface area contributed by atoms with Crippen LogP contribution in [0.1, 0.15) is 25.7 Å². The molecule has 9 heteroatoms. The molecule has 1 aromatic carbocycles. The molecule has 0 spiro atoms. The van der Waals surface area contributed by atoms with E-state index in [-0.39, 0.29) is 30.1 Å². The number of nitrogens with zero attached hydrogens (tertiary/aromatic N) is 4. The number of likely N-dealkylation sites (tertiary alicyclic amines) is 1. The lowest BCUT2D eigenvalue weighted by molar-refractivity contribution is 0.108. The molecule has 0 atom stereocenters. The summed E-state index contributed by atoms with van der Waals surface area (Å²) >= 11 is 5.90. The summed E-state index contributed by atoms with van der Waals surface area (Å²) in [7, 11) is 0. The van der Waals surface area contributed by atoms with Gasteiger partial charge in [0.05, 0.1) is 12.6 Å². The highest BCUT2D eigenvalue weighted by atomic mass is 127. The number of aromatic nitrogens is 2. The van der Waals surface area contributed by atoms with E-state index in [4.69, 9.17) is 16.1 Å². The van der Waals surface area contributed by atoms with Crippen molar-refractivity contribution in [1.29, 1.82) is 0 Å². The van der Waals surface area contributed by atoms with Gasteiger partial charge in [-0.25, -0.2) is 0 Å². The Morgan fingerprint density at radius 2 is 2.04 bits per heavy atom. The first-order chi connectivity index (χ1) is 12.7. The molecule has 0 unspecified atom stereocenters. The SMILES string of the molecule is CCNC(=NCCc1nc(-c2ccc(Cl)cc2)no1)N1CCC(O)CC1.I. The van der Waals surface area contributed by atoms with Gasteiger partial charge in [0.2, 0.25) is 11.7 Å². The van der Waals surface area contributed by atoms with Crippen molar-refractivity contribution < 1.29 is 9.63 Å². The molecule has 7 nitrogen and oxygen atoms in total. The second kappa shape index (κ2) is 10.8. The van der Waals surface area contributed by atoms with Gasteiger partial charge in [0.1, 0.15) is 0 Å². The Kier molecular flexibility index (Phi) is 8.78. The highest BCUT2D eigenvalue weighted by molar-refractivity contribution is 14.0.